The van der Waals surface area contributed by atoms with Crippen molar-refractivity contribution in [3.63, 3.8) is 0 Å². The van der Waals surface area contributed by atoms with Crippen molar-refractivity contribution in [2.24, 2.45) is 0 Å². The van der Waals surface area contributed by atoms with Gasteiger partial charge in [0.1, 0.15) is 12.7 Å². The maximum atomic E-state index is 10.0. The van der Waals surface area contributed by atoms with E-state index < -0.39 is 6.10 Å². The molecule has 5 nitrogen and oxygen atoms in total. The average molecular weight is 276 g/mol. The van der Waals surface area contributed by atoms with Gasteiger partial charge in [-0.3, -0.25) is 4.68 Å². The lowest BCUT2D eigenvalue weighted by Crippen LogP contribution is -2.24. The summed E-state index contributed by atoms with van der Waals surface area (Å²) in [6.45, 7) is 4.50. The number of para-hydroxylation sites is 2. The maximum absolute atomic E-state index is 10.0. The van der Waals surface area contributed by atoms with Crippen molar-refractivity contribution < 1.29 is 14.6 Å². The molecule has 0 saturated carbocycles. The van der Waals surface area contributed by atoms with E-state index in [9.17, 15) is 5.11 Å². The predicted molar refractivity (Wildman–Crippen MR) is 76.2 cm³/mol. The Labute approximate surface area is 118 Å². The van der Waals surface area contributed by atoms with Gasteiger partial charge in [-0.15, -0.1) is 0 Å². The van der Waals surface area contributed by atoms with Gasteiger partial charge in [-0.25, -0.2) is 0 Å². The first-order valence-corrected chi connectivity index (χ1v) is 6.55. The maximum Gasteiger partial charge on any atom is 0.161 e. The Morgan fingerprint density at radius 1 is 1.25 bits per heavy atom. The van der Waals surface area contributed by atoms with Crippen LogP contribution in [0.5, 0.6) is 11.5 Å². The lowest BCUT2D eigenvalue weighted by Gasteiger charge is -2.15. The first kappa shape index (κ1) is 14.4. The first-order valence-electron chi connectivity index (χ1n) is 6.55. The molecule has 2 rings (SSSR count). The second kappa shape index (κ2) is 6.43. The van der Waals surface area contributed by atoms with Gasteiger partial charge in [-0.1, -0.05) is 12.1 Å². The first-order chi connectivity index (χ1) is 9.60. The molecular formula is C15H20N2O3. The van der Waals surface area contributed by atoms with Gasteiger partial charge in [0.05, 0.1) is 19.3 Å². The number of ether oxygens (including phenoxy) is 2. The van der Waals surface area contributed by atoms with Crippen LogP contribution in [0.1, 0.15) is 11.4 Å². The number of benzene rings is 1. The third-order valence-electron chi connectivity index (χ3n) is 2.99. The highest BCUT2D eigenvalue weighted by Gasteiger charge is 2.11. The van der Waals surface area contributed by atoms with Gasteiger partial charge in [0.15, 0.2) is 11.5 Å². The van der Waals surface area contributed by atoms with E-state index in [1.807, 2.05) is 44.2 Å². The van der Waals surface area contributed by atoms with E-state index in [1.54, 1.807) is 11.8 Å². The molecule has 5 heteroatoms. The molecule has 0 unspecified atom stereocenters. The smallest absolute Gasteiger partial charge is 0.161 e. The fourth-order valence-corrected chi connectivity index (χ4v) is 2.04. The van der Waals surface area contributed by atoms with Crippen molar-refractivity contribution in [1.29, 1.82) is 0 Å². The molecule has 1 aromatic heterocycles. The van der Waals surface area contributed by atoms with E-state index in [4.69, 9.17) is 9.47 Å². The molecule has 1 atom stereocenters. The summed E-state index contributed by atoms with van der Waals surface area (Å²) in [6.07, 6.45) is -0.627. The fraction of sp³-hybridized carbons (Fsp3) is 0.400. The molecule has 0 radical (unpaired) electrons. The van der Waals surface area contributed by atoms with Crippen LogP contribution in [0, 0.1) is 13.8 Å². The molecule has 0 saturated heterocycles. The number of aromatic nitrogens is 2. The lowest BCUT2D eigenvalue weighted by molar-refractivity contribution is 0.0873. The van der Waals surface area contributed by atoms with Crippen LogP contribution in [0.15, 0.2) is 30.3 Å². The summed E-state index contributed by atoms with van der Waals surface area (Å²) in [5.41, 5.74) is 1.97. The Kier molecular flexibility index (Phi) is 4.63. The van der Waals surface area contributed by atoms with E-state index in [0.717, 1.165) is 11.4 Å². The highest BCUT2D eigenvalue weighted by Crippen LogP contribution is 2.25. The summed E-state index contributed by atoms with van der Waals surface area (Å²) in [7, 11) is 1.59. The molecular weight excluding hydrogens is 256 g/mol. The summed E-state index contributed by atoms with van der Waals surface area (Å²) in [5.74, 6) is 1.29. The number of hydrogen-bond donors (Lipinski definition) is 1. The Hall–Kier alpha value is -2.01. The number of nitrogens with zero attached hydrogens (tertiary/aromatic N) is 2. The minimum Gasteiger partial charge on any atom is -0.493 e. The largest absolute Gasteiger partial charge is 0.493 e. The van der Waals surface area contributed by atoms with Crippen LogP contribution in [0.2, 0.25) is 0 Å². The zero-order valence-electron chi connectivity index (χ0n) is 12.0. The second-order valence-electron chi connectivity index (χ2n) is 4.72. The van der Waals surface area contributed by atoms with Crippen LogP contribution in [-0.4, -0.2) is 34.7 Å². The van der Waals surface area contributed by atoms with Crippen molar-refractivity contribution in [2.45, 2.75) is 26.5 Å². The minimum atomic E-state index is -0.627. The molecule has 0 fully saturated rings. The van der Waals surface area contributed by atoms with Crippen LogP contribution >= 0.6 is 0 Å². The van der Waals surface area contributed by atoms with E-state index in [1.165, 1.54) is 0 Å². The van der Waals surface area contributed by atoms with Gasteiger partial charge in [0.2, 0.25) is 0 Å². The van der Waals surface area contributed by atoms with Crippen molar-refractivity contribution in [3.05, 3.63) is 41.7 Å². The standard InChI is InChI=1S/C15H20N2O3/c1-11-8-12(2)17(16-11)9-13(18)10-20-15-7-5-4-6-14(15)19-3/h4-8,13,18H,9-10H2,1-3H3/t13-/m0/s1. The quantitative estimate of drug-likeness (QED) is 0.876. The molecule has 0 aliphatic rings. The van der Waals surface area contributed by atoms with Crippen LogP contribution < -0.4 is 9.47 Å². The minimum absolute atomic E-state index is 0.193. The molecule has 1 heterocycles. The van der Waals surface area contributed by atoms with E-state index >= 15 is 0 Å². The van der Waals surface area contributed by atoms with Crippen LogP contribution in [0.3, 0.4) is 0 Å². The summed E-state index contributed by atoms with van der Waals surface area (Å²) in [4.78, 5) is 0. The number of aliphatic hydroxyl groups is 1. The zero-order chi connectivity index (χ0) is 14.5. The van der Waals surface area contributed by atoms with Crippen LogP contribution in [0.25, 0.3) is 0 Å². The molecule has 0 spiro atoms. The second-order valence-corrected chi connectivity index (χ2v) is 4.72. The van der Waals surface area contributed by atoms with Gasteiger partial charge < -0.3 is 14.6 Å². The molecule has 0 bridgehead atoms. The van der Waals surface area contributed by atoms with Gasteiger partial charge in [-0.05, 0) is 32.0 Å². The summed E-state index contributed by atoms with van der Waals surface area (Å²) in [5, 5.41) is 14.3. The van der Waals surface area contributed by atoms with Crippen molar-refractivity contribution in [2.75, 3.05) is 13.7 Å². The Bertz CT molecular complexity index is 566. The van der Waals surface area contributed by atoms with Gasteiger partial charge in [0, 0.05) is 5.69 Å². The van der Waals surface area contributed by atoms with E-state index in [-0.39, 0.29) is 6.61 Å². The summed E-state index contributed by atoms with van der Waals surface area (Å²) >= 11 is 0. The molecule has 1 aromatic carbocycles. The van der Waals surface area contributed by atoms with E-state index in [2.05, 4.69) is 5.10 Å². The zero-order valence-corrected chi connectivity index (χ0v) is 12.0. The van der Waals surface area contributed by atoms with Crippen LogP contribution in [0.4, 0.5) is 0 Å². The number of hydrogen-bond acceptors (Lipinski definition) is 4. The fourth-order valence-electron chi connectivity index (χ4n) is 2.04. The molecule has 0 amide bonds. The monoisotopic (exact) mass is 276 g/mol. The molecule has 108 valence electrons. The van der Waals surface area contributed by atoms with Crippen molar-refractivity contribution in [3.8, 4) is 11.5 Å². The van der Waals surface area contributed by atoms with Gasteiger partial charge >= 0.3 is 0 Å². The lowest BCUT2D eigenvalue weighted by atomic mass is 10.3. The Balaban J connectivity index is 1.92. The third kappa shape index (κ3) is 3.51. The topological polar surface area (TPSA) is 56.5 Å². The van der Waals surface area contributed by atoms with Gasteiger partial charge in [0.25, 0.3) is 0 Å². The van der Waals surface area contributed by atoms with Crippen molar-refractivity contribution in [1.82, 2.24) is 9.78 Å². The highest BCUT2D eigenvalue weighted by atomic mass is 16.5. The SMILES string of the molecule is COc1ccccc1OC[C@@H](O)Cn1nc(C)cc1C. The van der Waals surface area contributed by atoms with Crippen molar-refractivity contribution >= 4 is 0 Å². The third-order valence-corrected chi connectivity index (χ3v) is 2.99. The average Bonchev–Trinajstić information content (AvgIpc) is 2.75. The Morgan fingerprint density at radius 3 is 2.55 bits per heavy atom. The Morgan fingerprint density at radius 2 is 1.95 bits per heavy atom. The number of aryl methyl sites for hydroxylation is 2. The number of aliphatic hydroxyl groups excluding tert-OH is 1. The molecule has 20 heavy (non-hydrogen) atoms. The summed E-state index contributed by atoms with van der Waals surface area (Å²) in [6, 6.07) is 9.36. The number of methoxy groups -OCH3 is 1. The molecule has 0 aliphatic heterocycles. The highest BCUT2D eigenvalue weighted by molar-refractivity contribution is 5.39. The molecule has 2 aromatic rings. The molecule has 0 aliphatic carbocycles. The number of rotatable bonds is 6. The van der Waals surface area contributed by atoms with E-state index in [0.29, 0.717) is 18.0 Å². The normalized spacial score (nSPS) is 12.2. The van der Waals surface area contributed by atoms with Crippen LogP contribution in [-0.2, 0) is 6.54 Å². The summed E-state index contributed by atoms with van der Waals surface area (Å²) < 4.78 is 12.6. The predicted octanol–water partition coefficient (Wildman–Crippen LogP) is 1.95. The van der Waals surface area contributed by atoms with Gasteiger partial charge in [-0.2, -0.15) is 5.10 Å². The molecule has 1 N–H and O–H groups in total.